The molecule has 92 valence electrons. The van der Waals surface area contributed by atoms with E-state index in [1.165, 1.54) is 0 Å². The SMILES string of the molecule is CCCCN1C(=O)c2cccc3c(Cl)ccc1c23. The molecule has 3 rings (SSSR count). The quantitative estimate of drug-likeness (QED) is 0.807. The summed E-state index contributed by atoms with van der Waals surface area (Å²) in [6.45, 7) is 2.91. The van der Waals surface area contributed by atoms with Crippen molar-refractivity contribution in [2.45, 2.75) is 19.8 Å². The van der Waals surface area contributed by atoms with Gasteiger partial charge in [0, 0.05) is 27.9 Å². The fourth-order valence-corrected chi connectivity index (χ4v) is 2.77. The smallest absolute Gasteiger partial charge is 0.258 e. The van der Waals surface area contributed by atoms with E-state index in [4.69, 9.17) is 11.6 Å². The molecule has 2 nitrogen and oxygen atoms in total. The van der Waals surface area contributed by atoms with Crippen molar-refractivity contribution in [3.05, 3.63) is 40.9 Å². The third kappa shape index (κ3) is 1.52. The number of hydrogen-bond donors (Lipinski definition) is 0. The van der Waals surface area contributed by atoms with E-state index in [2.05, 4.69) is 6.92 Å². The molecule has 0 unspecified atom stereocenters. The molecule has 0 atom stereocenters. The van der Waals surface area contributed by atoms with Crippen LogP contribution in [0.25, 0.3) is 10.8 Å². The highest BCUT2D eigenvalue weighted by molar-refractivity contribution is 6.38. The molecule has 1 aliphatic rings. The summed E-state index contributed by atoms with van der Waals surface area (Å²) in [5.41, 5.74) is 1.78. The number of amides is 1. The van der Waals surface area contributed by atoms with Gasteiger partial charge in [0.2, 0.25) is 0 Å². The summed E-state index contributed by atoms with van der Waals surface area (Å²) >= 11 is 6.20. The minimum Gasteiger partial charge on any atom is -0.308 e. The third-order valence-corrected chi connectivity index (χ3v) is 3.80. The second-order valence-electron chi connectivity index (χ2n) is 4.60. The maximum Gasteiger partial charge on any atom is 0.258 e. The fraction of sp³-hybridized carbons (Fsp3) is 0.267. The molecular formula is C15H14ClNO. The highest BCUT2D eigenvalue weighted by Crippen LogP contribution is 2.40. The van der Waals surface area contributed by atoms with E-state index in [1.54, 1.807) is 0 Å². The van der Waals surface area contributed by atoms with Gasteiger partial charge in [-0.25, -0.2) is 0 Å². The number of benzene rings is 2. The molecule has 2 aromatic carbocycles. The zero-order valence-electron chi connectivity index (χ0n) is 10.2. The average Bonchev–Trinajstić information content (AvgIpc) is 2.66. The van der Waals surface area contributed by atoms with Crippen molar-refractivity contribution in [2.75, 3.05) is 11.4 Å². The number of halogens is 1. The molecular weight excluding hydrogens is 246 g/mol. The Morgan fingerprint density at radius 2 is 2.06 bits per heavy atom. The van der Waals surface area contributed by atoms with E-state index in [9.17, 15) is 4.79 Å². The van der Waals surface area contributed by atoms with Gasteiger partial charge in [0.15, 0.2) is 0 Å². The van der Waals surface area contributed by atoms with Gasteiger partial charge in [-0.1, -0.05) is 37.1 Å². The minimum atomic E-state index is 0.103. The molecule has 0 N–H and O–H groups in total. The summed E-state index contributed by atoms with van der Waals surface area (Å²) in [6, 6.07) is 9.58. The van der Waals surface area contributed by atoms with Crippen LogP contribution in [0.2, 0.25) is 5.02 Å². The summed E-state index contributed by atoms with van der Waals surface area (Å²) in [5, 5.41) is 2.69. The van der Waals surface area contributed by atoms with Crippen LogP contribution in [0.5, 0.6) is 0 Å². The zero-order chi connectivity index (χ0) is 12.7. The van der Waals surface area contributed by atoms with E-state index < -0.39 is 0 Å². The van der Waals surface area contributed by atoms with Crippen molar-refractivity contribution in [3.63, 3.8) is 0 Å². The van der Waals surface area contributed by atoms with Crippen molar-refractivity contribution < 1.29 is 4.79 Å². The Kier molecular flexibility index (Phi) is 2.75. The Morgan fingerprint density at radius 3 is 2.83 bits per heavy atom. The van der Waals surface area contributed by atoms with Crippen molar-refractivity contribution in [1.29, 1.82) is 0 Å². The topological polar surface area (TPSA) is 20.3 Å². The number of rotatable bonds is 3. The lowest BCUT2D eigenvalue weighted by Gasteiger charge is -2.17. The maximum absolute atomic E-state index is 12.4. The minimum absolute atomic E-state index is 0.103. The van der Waals surface area contributed by atoms with E-state index in [0.717, 1.165) is 41.4 Å². The van der Waals surface area contributed by atoms with Crippen LogP contribution in [-0.4, -0.2) is 12.5 Å². The maximum atomic E-state index is 12.4. The summed E-state index contributed by atoms with van der Waals surface area (Å²) in [4.78, 5) is 14.2. The summed E-state index contributed by atoms with van der Waals surface area (Å²) in [5.74, 6) is 0.103. The molecule has 0 aromatic heterocycles. The van der Waals surface area contributed by atoms with Gasteiger partial charge in [-0.2, -0.15) is 0 Å². The molecule has 0 radical (unpaired) electrons. The summed E-state index contributed by atoms with van der Waals surface area (Å²) in [6.07, 6.45) is 2.10. The van der Waals surface area contributed by atoms with E-state index >= 15 is 0 Å². The fourth-order valence-electron chi connectivity index (χ4n) is 2.55. The second kappa shape index (κ2) is 4.29. The molecule has 0 saturated carbocycles. The Hall–Kier alpha value is -1.54. The number of anilines is 1. The van der Waals surface area contributed by atoms with Crippen molar-refractivity contribution in [2.24, 2.45) is 0 Å². The van der Waals surface area contributed by atoms with Gasteiger partial charge in [-0.3, -0.25) is 4.79 Å². The molecule has 1 heterocycles. The molecule has 0 bridgehead atoms. The largest absolute Gasteiger partial charge is 0.308 e. The van der Waals surface area contributed by atoms with Gasteiger partial charge < -0.3 is 4.90 Å². The van der Waals surface area contributed by atoms with Crippen LogP contribution >= 0.6 is 11.6 Å². The van der Waals surface area contributed by atoms with Crippen LogP contribution in [0.4, 0.5) is 5.69 Å². The highest BCUT2D eigenvalue weighted by Gasteiger charge is 2.29. The first-order valence-electron chi connectivity index (χ1n) is 6.27. The highest BCUT2D eigenvalue weighted by atomic mass is 35.5. The summed E-state index contributed by atoms with van der Waals surface area (Å²) in [7, 11) is 0. The molecule has 0 spiro atoms. The first kappa shape index (κ1) is 11.5. The van der Waals surface area contributed by atoms with Crippen molar-refractivity contribution >= 4 is 34.0 Å². The number of nitrogens with zero attached hydrogens (tertiary/aromatic N) is 1. The van der Waals surface area contributed by atoms with Gasteiger partial charge >= 0.3 is 0 Å². The summed E-state index contributed by atoms with van der Waals surface area (Å²) < 4.78 is 0. The number of unbranched alkanes of at least 4 members (excludes halogenated alkanes) is 1. The Morgan fingerprint density at radius 1 is 1.22 bits per heavy atom. The monoisotopic (exact) mass is 259 g/mol. The molecule has 1 amide bonds. The number of carbonyl (C=O) groups excluding carboxylic acids is 1. The third-order valence-electron chi connectivity index (χ3n) is 3.47. The number of carbonyl (C=O) groups is 1. The molecule has 2 aromatic rings. The van der Waals surface area contributed by atoms with Crippen molar-refractivity contribution in [1.82, 2.24) is 0 Å². The van der Waals surface area contributed by atoms with E-state index in [0.29, 0.717) is 5.02 Å². The molecule has 18 heavy (non-hydrogen) atoms. The van der Waals surface area contributed by atoms with Crippen LogP contribution in [0.3, 0.4) is 0 Å². The predicted molar refractivity (Wildman–Crippen MR) is 75.5 cm³/mol. The van der Waals surface area contributed by atoms with Gasteiger partial charge in [0.1, 0.15) is 0 Å². The van der Waals surface area contributed by atoms with Crippen LogP contribution in [0, 0.1) is 0 Å². The Bertz CT molecular complexity index is 636. The van der Waals surface area contributed by atoms with Gasteiger partial charge in [0.05, 0.1) is 5.69 Å². The van der Waals surface area contributed by atoms with Gasteiger partial charge in [-0.15, -0.1) is 0 Å². The molecule has 0 aliphatic carbocycles. The zero-order valence-corrected chi connectivity index (χ0v) is 11.0. The first-order chi connectivity index (χ1) is 8.74. The Balaban J connectivity index is 2.21. The Labute approximate surface area is 111 Å². The molecule has 0 fully saturated rings. The first-order valence-corrected chi connectivity index (χ1v) is 6.65. The lowest BCUT2D eigenvalue weighted by atomic mass is 10.1. The second-order valence-corrected chi connectivity index (χ2v) is 5.01. The standard InChI is InChI=1S/C15H14ClNO/c1-2-3-9-17-13-8-7-12(16)10-5-4-6-11(14(10)13)15(17)18/h4-8H,2-3,9H2,1H3. The lowest BCUT2D eigenvalue weighted by Crippen LogP contribution is -2.27. The average molecular weight is 260 g/mol. The molecule has 3 heteroatoms. The number of hydrogen-bond acceptors (Lipinski definition) is 1. The normalized spacial score (nSPS) is 13.7. The van der Waals surface area contributed by atoms with Gasteiger partial charge in [-0.05, 0) is 24.6 Å². The van der Waals surface area contributed by atoms with Crippen LogP contribution in [-0.2, 0) is 0 Å². The van der Waals surface area contributed by atoms with Crippen LogP contribution in [0.15, 0.2) is 30.3 Å². The van der Waals surface area contributed by atoms with Crippen LogP contribution < -0.4 is 4.90 Å². The van der Waals surface area contributed by atoms with Crippen LogP contribution in [0.1, 0.15) is 30.1 Å². The van der Waals surface area contributed by atoms with Gasteiger partial charge in [0.25, 0.3) is 5.91 Å². The predicted octanol–water partition coefficient (Wildman–Crippen LogP) is 4.25. The molecule has 1 aliphatic heterocycles. The molecule has 0 saturated heterocycles. The lowest BCUT2D eigenvalue weighted by molar-refractivity contribution is 0.0993. The van der Waals surface area contributed by atoms with Crippen molar-refractivity contribution in [3.8, 4) is 0 Å². The van der Waals surface area contributed by atoms with E-state index in [1.807, 2.05) is 35.2 Å². The van der Waals surface area contributed by atoms with E-state index in [-0.39, 0.29) is 5.91 Å².